The van der Waals surface area contributed by atoms with Gasteiger partial charge in [0.05, 0.1) is 44.5 Å². The Hall–Kier alpha value is -6.11. The van der Waals surface area contributed by atoms with Crippen molar-refractivity contribution in [3.63, 3.8) is 0 Å². The van der Waals surface area contributed by atoms with Gasteiger partial charge in [-0.3, -0.25) is 0 Å². The molecule has 0 aliphatic rings. The Kier molecular flexibility index (Phi) is 16.4. The standard InChI is InChI=1S/C23H19N5OS.C17H12IN3O3S.C6H7ClN2S.O2S/c1-14-11-24-23(30-3)26-21(14)18-12-28(16-7-5-4-6-8-16)22-17(18)9-10-20(25-22)19-13-29-27-15(19)2;1-11-14(10-24-20-11)16-8-7-13-15(18)9-21(17(13)19-16)25(22,23)12-5-3-2-4-6-12;1-4-3-8-6(10-2)9-5(4)7;1-3-2/h4-13H,1-3H3;2-10H,1H3;3H,1-2H3;. The molecule has 0 fully saturated rings. The minimum absolute atomic E-state index is 0.219. The number of pyridine rings is 2. The van der Waals surface area contributed by atoms with Crippen LogP contribution in [0.5, 0.6) is 0 Å². The maximum absolute atomic E-state index is 13.0. The number of hydrogen-bond donors (Lipinski definition) is 0. The van der Waals surface area contributed by atoms with E-state index in [0.717, 1.165) is 80.9 Å². The summed E-state index contributed by atoms with van der Waals surface area (Å²) >= 11 is 10.1. The van der Waals surface area contributed by atoms with Gasteiger partial charge in [0.25, 0.3) is 10.0 Å². The van der Waals surface area contributed by atoms with Crippen LogP contribution in [0.15, 0.2) is 146 Å². The summed E-state index contributed by atoms with van der Waals surface area (Å²) in [5.74, 6) is 0. The van der Waals surface area contributed by atoms with Crippen molar-refractivity contribution in [3.05, 3.63) is 153 Å². The van der Waals surface area contributed by atoms with Crippen molar-refractivity contribution in [2.75, 3.05) is 12.5 Å². The lowest BCUT2D eigenvalue weighted by Crippen LogP contribution is -2.12. The third kappa shape index (κ3) is 10.9. The van der Waals surface area contributed by atoms with E-state index < -0.39 is 21.6 Å². The summed E-state index contributed by atoms with van der Waals surface area (Å²) in [6.07, 6.45) is 14.3. The summed E-state index contributed by atoms with van der Waals surface area (Å²) in [6, 6.07) is 26.3. The highest BCUT2D eigenvalue weighted by Gasteiger charge is 2.23. The van der Waals surface area contributed by atoms with Crippen LogP contribution in [-0.2, 0) is 21.6 Å². The Morgan fingerprint density at radius 1 is 0.632 bits per heavy atom. The van der Waals surface area contributed by atoms with Gasteiger partial charge in [0.2, 0.25) is 0 Å². The first-order chi connectivity index (χ1) is 32.8. The van der Waals surface area contributed by atoms with E-state index in [9.17, 15) is 8.42 Å². The molecule has 0 radical (unpaired) electrons. The minimum atomic E-state index is -3.73. The van der Waals surface area contributed by atoms with Crippen LogP contribution in [0, 0.1) is 31.3 Å². The molecule has 0 bridgehead atoms. The average Bonchev–Trinajstić information content (AvgIpc) is 4.16. The Bertz CT molecular complexity index is 3530. The molecule has 0 aliphatic carbocycles. The third-order valence-electron chi connectivity index (χ3n) is 10.1. The number of aromatic nitrogens is 10. The summed E-state index contributed by atoms with van der Waals surface area (Å²) < 4.78 is 56.9. The van der Waals surface area contributed by atoms with Crippen molar-refractivity contribution in [3.8, 4) is 39.5 Å². The van der Waals surface area contributed by atoms with Gasteiger partial charge in [-0.2, -0.15) is 8.42 Å². The molecule has 16 nitrogen and oxygen atoms in total. The van der Waals surface area contributed by atoms with Crippen molar-refractivity contribution in [1.82, 2.24) is 48.8 Å². The van der Waals surface area contributed by atoms with Crippen LogP contribution < -0.4 is 0 Å². The molecule has 8 aromatic heterocycles. The second-order valence-corrected chi connectivity index (χ2v) is 19.4. The monoisotopic (exact) mass is 1120 g/mol. The van der Waals surface area contributed by atoms with Crippen LogP contribution in [0.3, 0.4) is 0 Å². The van der Waals surface area contributed by atoms with E-state index in [-0.39, 0.29) is 4.90 Å². The smallest absolute Gasteiger partial charge is 0.335 e. The fourth-order valence-corrected chi connectivity index (χ4v) is 9.77. The summed E-state index contributed by atoms with van der Waals surface area (Å²) in [7, 11) is -3.73. The molecule has 68 heavy (non-hydrogen) atoms. The summed E-state index contributed by atoms with van der Waals surface area (Å²) in [5, 5.41) is 11.7. The van der Waals surface area contributed by atoms with Crippen molar-refractivity contribution in [2.24, 2.45) is 0 Å². The molecule has 22 heteroatoms. The van der Waals surface area contributed by atoms with E-state index in [4.69, 9.17) is 39.0 Å². The predicted molar refractivity (Wildman–Crippen MR) is 273 cm³/mol. The normalized spacial score (nSPS) is 11.0. The molecule has 10 aromatic rings. The first-order valence-electron chi connectivity index (χ1n) is 20.0. The summed E-state index contributed by atoms with van der Waals surface area (Å²) in [6.45, 7) is 7.65. The predicted octanol–water partition coefficient (Wildman–Crippen LogP) is 10.8. The van der Waals surface area contributed by atoms with Crippen LogP contribution in [0.4, 0.5) is 0 Å². The van der Waals surface area contributed by atoms with Gasteiger partial charge < -0.3 is 13.6 Å². The van der Waals surface area contributed by atoms with Gasteiger partial charge in [-0.05, 0) is 117 Å². The molecule has 8 heterocycles. The number of aryl methyl sites for hydroxylation is 4. The minimum Gasteiger partial charge on any atom is -0.364 e. The first kappa shape index (κ1) is 49.8. The van der Waals surface area contributed by atoms with Crippen molar-refractivity contribution in [1.29, 1.82) is 0 Å². The van der Waals surface area contributed by atoms with Crippen molar-refractivity contribution in [2.45, 2.75) is 42.9 Å². The molecule has 0 atom stereocenters. The van der Waals surface area contributed by atoms with Crippen LogP contribution >= 0.6 is 57.7 Å². The molecular weight excluding hydrogens is 1080 g/mol. The molecule has 0 amide bonds. The topological polar surface area (TPSA) is 208 Å². The van der Waals surface area contributed by atoms with Gasteiger partial charge in [-0.15, -0.1) is 0 Å². The van der Waals surface area contributed by atoms with Gasteiger partial charge in [0.1, 0.15) is 23.3 Å². The molecule has 2 aromatic carbocycles. The van der Waals surface area contributed by atoms with Gasteiger partial charge in [0, 0.05) is 55.9 Å². The average molecular weight is 1120 g/mol. The third-order valence-corrected chi connectivity index (χ3v) is 14.1. The maximum Gasteiger partial charge on any atom is 0.335 e. The van der Waals surface area contributed by atoms with Crippen LogP contribution in [0.2, 0.25) is 5.15 Å². The van der Waals surface area contributed by atoms with Gasteiger partial charge in [-0.25, -0.2) is 42.3 Å². The number of rotatable bonds is 8. The highest BCUT2D eigenvalue weighted by molar-refractivity contribution is 14.1. The lowest BCUT2D eigenvalue weighted by atomic mass is 10.1. The Labute approximate surface area is 421 Å². The maximum atomic E-state index is 13.0. The van der Waals surface area contributed by atoms with Crippen molar-refractivity contribution < 1.29 is 25.9 Å². The van der Waals surface area contributed by atoms with Gasteiger partial charge in [0.15, 0.2) is 16.0 Å². The fourth-order valence-electron chi connectivity index (χ4n) is 6.68. The van der Waals surface area contributed by atoms with Crippen LogP contribution in [-0.4, -0.2) is 78.1 Å². The summed E-state index contributed by atoms with van der Waals surface area (Å²) in [5.41, 5.74) is 10.8. The second-order valence-electron chi connectivity index (χ2n) is 14.4. The largest absolute Gasteiger partial charge is 0.364 e. The molecule has 0 spiro atoms. The molecule has 0 unspecified atom stereocenters. The Balaban J connectivity index is 0.000000162. The van der Waals surface area contributed by atoms with E-state index in [1.165, 1.54) is 33.8 Å². The number of nitrogens with zero attached hydrogens (tertiary/aromatic N) is 10. The molecule has 346 valence electrons. The van der Waals surface area contributed by atoms with Crippen molar-refractivity contribution >= 4 is 101 Å². The second kappa shape index (κ2) is 22.3. The van der Waals surface area contributed by atoms with Gasteiger partial charge in [-0.1, -0.05) is 81.8 Å². The molecule has 0 N–H and O–H groups in total. The molecule has 0 saturated heterocycles. The molecule has 0 saturated carbocycles. The Morgan fingerprint density at radius 2 is 1.16 bits per heavy atom. The van der Waals surface area contributed by atoms with E-state index in [2.05, 4.69) is 81.8 Å². The fraction of sp³-hybridized carbons (Fsp3) is 0.130. The highest BCUT2D eigenvalue weighted by atomic mass is 127. The zero-order valence-corrected chi connectivity index (χ0v) is 43.0. The van der Waals surface area contributed by atoms with E-state index in [0.29, 0.717) is 22.2 Å². The van der Waals surface area contributed by atoms with Crippen LogP contribution in [0.25, 0.3) is 61.5 Å². The van der Waals surface area contributed by atoms with Crippen LogP contribution in [0.1, 0.15) is 22.5 Å². The number of hydrogen-bond acceptors (Lipinski definition) is 16. The lowest BCUT2D eigenvalue weighted by molar-refractivity contribution is 0.415. The van der Waals surface area contributed by atoms with E-state index in [1.54, 1.807) is 49.0 Å². The number of fused-ring (bicyclic) bond motifs is 2. The number of halogens is 2. The molecular formula is C46H38ClIN10O6S4. The number of para-hydroxylation sites is 1. The Morgan fingerprint density at radius 3 is 1.71 bits per heavy atom. The number of thioether (sulfide) groups is 2. The number of benzene rings is 2. The molecule has 0 aliphatic heterocycles. The molecule has 10 rings (SSSR count). The van der Waals surface area contributed by atoms with Gasteiger partial charge >= 0.3 is 11.6 Å². The van der Waals surface area contributed by atoms with E-state index >= 15 is 0 Å². The highest BCUT2D eigenvalue weighted by Crippen LogP contribution is 2.35. The quantitative estimate of drug-likeness (QED) is 0.0600. The first-order valence-corrected chi connectivity index (χ1v) is 26.0. The summed E-state index contributed by atoms with van der Waals surface area (Å²) in [4.78, 5) is 27.0. The zero-order chi connectivity index (χ0) is 48.5. The van der Waals surface area contributed by atoms with E-state index in [1.807, 2.05) is 82.8 Å². The zero-order valence-electron chi connectivity index (χ0n) is 36.9. The SMILES string of the molecule is CSc1ncc(C)c(-c2cn(-c3ccccc3)c3nc(-c4conc4C)ccc23)n1.CSc1ncc(C)c(Cl)n1.Cc1nocc1-c1ccc2c(I)cn(S(=O)(=O)c3ccccc3)c2n1.O=S=O. The lowest BCUT2D eigenvalue weighted by Gasteiger charge is -2.07.